The second-order valence-corrected chi connectivity index (χ2v) is 9.27. The third kappa shape index (κ3) is 4.89. The average molecular weight is 469 g/mol. The van der Waals surface area contributed by atoms with Crippen molar-refractivity contribution in [3.05, 3.63) is 46.5 Å². The molecule has 3 rings (SSSR count). The molecule has 0 radical (unpaired) electrons. The van der Waals surface area contributed by atoms with Gasteiger partial charge in [0.15, 0.2) is 11.5 Å². The molecule has 8 nitrogen and oxygen atoms in total. The molecule has 1 amide bonds. The molecule has 1 aliphatic rings. The van der Waals surface area contributed by atoms with Gasteiger partial charge in [0.25, 0.3) is 5.91 Å². The van der Waals surface area contributed by atoms with Crippen molar-refractivity contribution in [3.8, 4) is 17.2 Å². The molecule has 168 valence electrons. The van der Waals surface area contributed by atoms with Crippen LogP contribution in [0, 0.1) is 0 Å². The molecule has 0 bridgehead atoms. The summed E-state index contributed by atoms with van der Waals surface area (Å²) in [5, 5.41) is 2.87. The van der Waals surface area contributed by atoms with Crippen LogP contribution in [0.3, 0.4) is 0 Å². The molecule has 0 atom stereocenters. The molecule has 0 spiro atoms. The summed E-state index contributed by atoms with van der Waals surface area (Å²) in [6.07, 6.45) is 1.62. The maximum Gasteiger partial charge on any atom is 0.251 e. The largest absolute Gasteiger partial charge is 0.496 e. The lowest BCUT2D eigenvalue weighted by Gasteiger charge is -2.17. The number of nitrogens with zero attached hydrogens (tertiary/aromatic N) is 1. The maximum atomic E-state index is 12.9. The summed E-state index contributed by atoms with van der Waals surface area (Å²) in [6.45, 7) is 1.04. The molecular formula is C21H25ClN2O6S. The molecular weight excluding hydrogens is 444 g/mol. The van der Waals surface area contributed by atoms with Gasteiger partial charge in [-0.3, -0.25) is 4.79 Å². The van der Waals surface area contributed by atoms with E-state index in [1.807, 2.05) is 0 Å². The minimum atomic E-state index is -3.75. The summed E-state index contributed by atoms with van der Waals surface area (Å²) in [5.74, 6) is 1.08. The molecule has 0 aromatic heterocycles. The minimum Gasteiger partial charge on any atom is -0.496 e. The van der Waals surface area contributed by atoms with Crippen LogP contribution in [0.15, 0.2) is 35.2 Å². The van der Waals surface area contributed by atoms with Crippen molar-refractivity contribution in [1.29, 1.82) is 0 Å². The average Bonchev–Trinajstić information content (AvgIpc) is 3.32. The summed E-state index contributed by atoms with van der Waals surface area (Å²) in [4.78, 5) is 12.7. The Morgan fingerprint density at radius 2 is 1.61 bits per heavy atom. The van der Waals surface area contributed by atoms with E-state index in [4.69, 9.17) is 25.8 Å². The molecule has 1 fully saturated rings. The first-order chi connectivity index (χ1) is 14.8. The molecule has 1 N–H and O–H groups in total. The number of nitrogens with one attached hydrogen (secondary N) is 1. The Morgan fingerprint density at radius 3 is 2.23 bits per heavy atom. The number of hydrogen-bond acceptors (Lipinski definition) is 6. The second-order valence-electron chi connectivity index (χ2n) is 6.96. The fourth-order valence-electron chi connectivity index (χ4n) is 3.42. The summed E-state index contributed by atoms with van der Waals surface area (Å²) < 4.78 is 43.1. The third-order valence-corrected chi connectivity index (χ3v) is 7.48. The fraction of sp³-hybridized carbons (Fsp3) is 0.381. The highest BCUT2D eigenvalue weighted by molar-refractivity contribution is 7.89. The monoisotopic (exact) mass is 468 g/mol. The molecule has 0 aliphatic carbocycles. The molecule has 2 aromatic rings. The van der Waals surface area contributed by atoms with Gasteiger partial charge in [0, 0.05) is 36.8 Å². The Hall–Kier alpha value is -2.49. The Kier molecular flexibility index (Phi) is 7.30. The van der Waals surface area contributed by atoms with Crippen LogP contribution in [0.4, 0.5) is 0 Å². The van der Waals surface area contributed by atoms with Gasteiger partial charge >= 0.3 is 0 Å². The van der Waals surface area contributed by atoms with Crippen molar-refractivity contribution >= 4 is 27.5 Å². The summed E-state index contributed by atoms with van der Waals surface area (Å²) in [7, 11) is 0.804. The Bertz CT molecular complexity index is 1070. The number of benzene rings is 2. The number of hydrogen-bond donors (Lipinski definition) is 1. The second kappa shape index (κ2) is 9.76. The maximum absolute atomic E-state index is 12.9. The zero-order valence-corrected chi connectivity index (χ0v) is 19.2. The van der Waals surface area contributed by atoms with E-state index in [2.05, 4.69) is 5.32 Å². The van der Waals surface area contributed by atoms with Crippen LogP contribution in [0.2, 0.25) is 5.02 Å². The van der Waals surface area contributed by atoms with E-state index in [9.17, 15) is 13.2 Å². The zero-order valence-electron chi connectivity index (χ0n) is 17.6. The van der Waals surface area contributed by atoms with Crippen molar-refractivity contribution in [3.63, 3.8) is 0 Å². The fourth-order valence-corrected chi connectivity index (χ4v) is 5.44. The normalized spacial score (nSPS) is 14.3. The van der Waals surface area contributed by atoms with Crippen LogP contribution in [0.1, 0.15) is 28.8 Å². The van der Waals surface area contributed by atoms with Crippen LogP contribution < -0.4 is 19.5 Å². The molecule has 10 heteroatoms. The van der Waals surface area contributed by atoms with Gasteiger partial charge < -0.3 is 19.5 Å². The molecule has 31 heavy (non-hydrogen) atoms. The summed E-state index contributed by atoms with van der Waals surface area (Å²) in [5.41, 5.74) is 0.869. The summed E-state index contributed by atoms with van der Waals surface area (Å²) >= 11 is 6.16. The highest BCUT2D eigenvalue weighted by atomic mass is 35.5. The smallest absolute Gasteiger partial charge is 0.251 e. The summed E-state index contributed by atoms with van der Waals surface area (Å²) in [6, 6.07) is 7.62. The first-order valence-corrected chi connectivity index (χ1v) is 11.5. The molecule has 0 unspecified atom stereocenters. The molecule has 1 heterocycles. The van der Waals surface area contributed by atoms with Crippen LogP contribution in [0.25, 0.3) is 0 Å². The third-order valence-electron chi connectivity index (χ3n) is 5.10. The highest BCUT2D eigenvalue weighted by Gasteiger charge is 2.29. The van der Waals surface area contributed by atoms with Crippen LogP contribution in [-0.4, -0.2) is 53.0 Å². The topological polar surface area (TPSA) is 94.2 Å². The zero-order chi connectivity index (χ0) is 22.6. The van der Waals surface area contributed by atoms with E-state index < -0.39 is 15.9 Å². The molecule has 1 aliphatic heterocycles. The van der Waals surface area contributed by atoms with Gasteiger partial charge in [-0.1, -0.05) is 11.6 Å². The Balaban J connectivity index is 1.82. The van der Waals surface area contributed by atoms with Crippen molar-refractivity contribution in [1.82, 2.24) is 9.62 Å². The molecule has 0 saturated carbocycles. The van der Waals surface area contributed by atoms with Gasteiger partial charge in [0.1, 0.15) is 10.6 Å². The van der Waals surface area contributed by atoms with Gasteiger partial charge in [-0.25, -0.2) is 8.42 Å². The van der Waals surface area contributed by atoms with Crippen LogP contribution in [-0.2, 0) is 16.6 Å². The predicted molar refractivity (Wildman–Crippen MR) is 117 cm³/mol. The first-order valence-electron chi connectivity index (χ1n) is 9.68. The number of rotatable bonds is 8. The number of amides is 1. The van der Waals surface area contributed by atoms with E-state index in [-0.39, 0.29) is 22.0 Å². The van der Waals surface area contributed by atoms with Gasteiger partial charge in [0.2, 0.25) is 10.0 Å². The Morgan fingerprint density at radius 1 is 1.00 bits per heavy atom. The molecule has 1 saturated heterocycles. The lowest BCUT2D eigenvalue weighted by Crippen LogP contribution is -2.29. The van der Waals surface area contributed by atoms with Gasteiger partial charge in [-0.15, -0.1) is 0 Å². The van der Waals surface area contributed by atoms with Crippen LogP contribution in [0.5, 0.6) is 17.2 Å². The van der Waals surface area contributed by atoms with Crippen molar-refractivity contribution < 1.29 is 27.4 Å². The number of ether oxygens (including phenoxy) is 3. The van der Waals surface area contributed by atoms with Gasteiger partial charge in [-0.05, 0) is 37.1 Å². The lowest BCUT2D eigenvalue weighted by molar-refractivity contribution is 0.0950. The number of halogens is 1. The van der Waals surface area contributed by atoms with Gasteiger partial charge in [-0.2, -0.15) is 4.31 Å². The van der Waals surface area contributed by atoms with Crippen molar-refractivity contribution in [2.45, 2.75) is 24.3 Å². The number of carbonyl (C=O) groups excluding carboxylic acids is 1. The number of methoxy groups -OCH3 is 3. The van der Waals surface area contributed by atoms with Crippen molar-refractivity contribution in [2.24, 2.45) is 0 Å². The highest BCUT2D eigenvalue weighted by Crippen LogP contribution is 2.34. The predicted octanol–water partition coefficient (Wildman–Crippen LogP) is 3.08. The van der Waals surface area contributed by atoms with E-state index in [0.29, 0.717) is 35.9 Å². The number of sulfonamides is 1. The van der Waals surface area contributed by atoms with E-state index in [1.165, 1.54) is 43.8 Å². The van der Waals surface area contributed by atoms with Gasteiger partial charge in [0.05, 0.1) is 26.4 Å². The van der Waals surface area contributed by atoms with E-state index in [1.54, 1.807) is 12.1 Å². The first kappa shape index (κ1) is 23.2. The lowest BCUT2D eigenvalue weighted by atomic mass is 10.1. The quantitative estimate of drug-likeness (QED) is 0.639. The standard InChI is InChI=1S/C21H25ClN2O6S/c1-28-17-12-19(30-3)18(29-2)10-15(17)13-23-21(25)14-6-7-16(22)20(11-14)31(26,27)24-8-4-5-9-24/h6-7,10-12H,4-5,8-9,13H2,1-3H3,(H,23,25). The van der Waals surface area contributed by atoms with E-state index in [0.717, 1.165) is 12.8 Å². The minimum absolute atomic E-state index is 0.0626. The van der Waals surface area contributed by atoms with Crippen molar-refractivity contribution in [2.75, 3.05) is 34.4 Å². The SMILES string of the molecule is COc1cc(OC)c(OC)cc1CNC(=O)c1ccc(Cl)c(S(=O)(=O)N2CCCC2)c1. The van der Waals surface area contributed by atoms with E-state index >= 15 is 0 Å². The van der Waals surface area contributed by atoms with Crippen LogP contribution >= 0.6 is 11.6 Å². The Labute approximate surface area is 187 Å². The number of carbonyl (C=O) groups is 1. The molecule has 2 aromatic carbocycles.